The highest BCUT2D eigenvalue weighted by atomic mass is 32.2. The summed E-state index contributed by atoms with van der Waals surface area (Å²) >= 11 is 0. The third-order valence-corrected chi connectivity index (χ3v) is 4.62. The summed E-state index contributed by atoms with van der Waals surface area (Å²) in [7, 11) is -3.54. The Labute approximate surface area is 127 Å². The second-order valence-corrected chi connectivity index (χ2v) is 7.15. The van der Waals surface area contributed by atoms with Crippen molar-refractivity contribution in [1.29, 1.82) is 0 Å². The van der Waals surface area contributed by atoms with Crippen LogP contribution in [-0.4, -0.2) is 33.2 Å². The number of hydrogen-bond donors (Lipinski definition) is 1. The third-order valence-electron chi connectivity index (χ3n) is 3.38. The van der Waals surface area contributed by atoms with Crippen LogP contribution in [0.15, 0.2) is 18.2 Å². The van der Waals surface area contributed by atoms with Crippen molar-refractivity contribution in [3.05, 3.63) is 29.3 Å². The van der Waals surface area contributed by atoms with Gasteiger partial charge in [-0.05, 0) is 50.5 Å². The van der Waals surface area contributed by atoms with Crippen molar-refractivity contribution >= 4 is 21.6 Å². The van der Waals surface area contributed by atoms with E-state index in [9.17, 15) is 13.2 Å². The normalized spacial score (nSPS) is 12.8. The number of nitrogens with one attached hydrogen (secondary N) is 1. The average Bonchev–Trinajstić information content (AvgIpc) is 2.38. The molecule has 1 rings (SSSR count). The third kappa shape index (κ3) is 4.46. The molecule has 1 aromatic rings. The zero-order valence-electron chi connectivity index (χ0n) is 13.3. The van der Waals surface area contributed by atoms with E-state index in [-0.39, 0.29) is 5.91 Å². The Morgan fingerprint density at radius 3 is 2.38 bits per heavy atom. The molecule has 0 aliphatic heterocycles. The first kappa shape index (κ1) is 17.5. The summed E-state index contributed by atoms with van der Waals surface area (Å²) in [6.45, 7) is 7.96. The maximum Gasteiger partial charge on any atom is 0.243 e. The van der Waals surface area contributed by atoms with Crippen molar-refractivity contribution in [3.63, 3.8) is 0 Å². The summed E-state index contributed by atoms with van der Waals surface area (Å²) in [4.78, 5) is 12.1. The van der Waals surface area contributed by atoms with Gasteiger partial charge in [0.1, 0.15) is 6.04 Å². The van der Waals surface area contributed by atoms with Crippen LogP contribution in [-0.2, 0) is 14.8 Å². The Hall–Kier alpha value is -1.56. The molecule has 21 heavy (non-hydrogen) atoms. The number of amides is 1. The fourth-order valence-corrected chi connectivity index (χ4v) is 3.23. The standard InChI is InChI=1S/C15H24N2O3S/c1-6-9-16-15(18)13(4)17(21(5,19)20)14-8-7-11(2)12(3)10-14/h7-8,10,13H,6,9H2,1-5H3,(H,16,18)/t13-/m0/s1. The molecule has 0 bridgehead atoms. The van der Waals surface area contributed by atoms with E-state index in [0.29, 0.717) is 12.2 Å². The maximum atomic E-state index is 12.1. The van der Waals surface area contributed by atoms with Crippen molar-refractivity contribution in [2.75, 3.05) is 17.1 Å². The van der Waals surface area contributed by atoms with E-state index in [1.54, 1.807) is 19.1 Å². The van der Waals surface area contributed by atoms with Crippen LogP contribution < -0.4 is 9.62 Å². The van der Waals surface area contributed by atoms with E-state index in [2.05, 4.69) is 5.32 Å². The molecule has 0 radical (unpaired) electrons. The van der Waals surface area contributed by atoms with Gasteiger partial charge in [0.15, 0.2) is 0 Å². The van der Waals surface area contributed by atoms with Crippen LogP contribution in [0, 0.1) is 13.8 Å². The average molecular weight is 312 g/mol. The van der Waals surface area contributed by atoms with Crippen molar-refractivity contribution in [2.24, 2.45) is 0 Å². The van der Waals surface area contributed by atoms with Crippen LogP contribution in [0.1, 0.15) is 31.4 Å². The predicted octanol–water partition coefficient (Wildman–Crippen LogP) is 1.98. The largest absolute Gasteiger partial charge is 0.354 e. The highest BCUT2D eigenvalue weighted by molar-refractivity contribution is 7.92. The first-order valence-corrected chi connectivity index (χ1v) is 8.87. The van der Waals surface area contributed by atoms with Gasteiger partial charge in [0.2, 0.25) is 15.9 Å². The predicted molar refractivity (Wildman–Crippen MR) is 86.0 cm³/mol. The summed E-state index contributed by atoms with van der Waals surface area (Å²) < 4.78 is 25.4. The first-order valence-electron chi connectivity index (χ1n) is 7.02. The van der Waals surface area contributed by atoms with E-state index in [1.807, 2.05) is 26.8 Å². The van der Waals surface area contributed by atoms with Gasteiger partial charge in [0.05, 0.1) is 11.9 Å². The zero-order valence-corrected chi connectivity index (χ0v) is 14.1. The molecular weight excluding hydrogens is 288 g/mol. The Morgan fingerprint density at radius 1 is 1.29 bits per heavy atom. The van der Waals surface area contributed by atoms with Gasteiger partial charge >= 0.3 is 0 Å². The van der Waals surface area contributed by atoms with E-state index in [4.69, 9.17) is 0 Å². The Morgan fingerprint density at radius 2 is 1.90 bits per heavy atom. The molecule has 1 atom stereocenters. The number of hydrogen-bond acceptors (Lipinski definition) is 3. The number of anilines is 1. The quantitative estimate of drug-likeness (QED) is 0.873. The highest BCUT2D eigenvalue weighted by Crippen LogP contribution is 2.23. The van der Waals surface area contributed by atoms with Crippen LogP contribution in [0.25, 0.3) is 0 Å². The van der Waals surface area contributed by atoms with E-state index in [1.165, 1.54) is 4.31 Å². The monoisotopic (exact) mass is 312 g/mol. The lowest BCUT2D eigenvalue weighted by atomic mass is 10.1. The van der Waals surface area contributed by atoms with E-state index >= 15 is 0 Å². The van der Waals surface area contributed by atoms with Crippen molar-refractivity contribution in [1.82, 2.24) is 5.32 Å². The molecule has 0 aliphatic carbocycles. The molecule has 0 heterocycles. The summed E-state index contributed by atoms with van der Waals surface area (Å²) in [5, 5.41) is 2.74. The molecule has 0 unspecified atom stereocenters. The number of carbonyl (C=O) groups excluding carboxylic acids is 1. The molecule has 118 valence electrons. The molecule has 6 heteroatoms. The van der Waals surface area contributed by atoms with Gasteiger partial charge in [-0.15, -0.1) is 0 Å². The van der Waals surface area contributed by atoms with Gasteiger partial charge in [-0.1, -0.05) is 13.0 Å². The van der Waals surface area contributed by atoms with Gasteiger partial charge in [-0.25, -0.2) is 8.42 Å². The lowest BCUT2D eigenvalue weighted by molar-refractivity contribution is -0.121. The first-order chi connectivity index (χ1) is 9.68. The zero-order chi connectivity index (χ0) is 16.2. The second-order valence-electron chi connectivity index (χ2n) is 5.29. The van der Waals surface area contributed by atoms with Gasteiger partial charge in [0.25, 0.3) is 0 Å². The Bertz CT molecular complexity index is 611. The minimum Gasteiger partial charge on any atom is -0.354 e. The number of carbonyl (C=O) groups is 1. The molecule has 0 aliphatic rings. The molecule has 1 amide bonds. The van der Waals surface area contributed by atoms with Gasteiger partial charge < -0.3 is 5.32 Å². The summed E-state index contributed by atoms with van der Waals surface area (Å²) in [6.07, 6.45) is 1.92. The summed E-state index contributed by atoms with van der Waals surface area (Å²) in [5.74, 6) is -0.291. The number of rotatable bonds is 6. The Kier molecular flexibility index (Phi) is 5.78. The Balaban J connectivity index is 3.18. The van der Waals surface area contributed by atoms with Crippen LogP contribution in [0.5, 0.6) is 0 Å². The van der Waals surface area contributed by atoms with Crippen LogP contribution in [0.2, 0.25) is 0 Å². The molecule has 1 aromatic carbocycles. The molecule has 0 saturated heterocycles. The lowest BCUT2D eigenvalue weighted by Gasteiger charge is -2.28. The number of aryl methyl sites for hydroxylation is 2. The van der Waals surface area contributed by atoms with Crippen molar-refractivity contribution < 1.29 is 13.2 Å². The summed E-state index contributed by atoms with van der Waals surface area (Å²) in [6, 6.07) is 4.60. The summed E-state index contributed by atoms with van der Waals surface area (Å²) in [5.41, 5.74) is 2.58. The van der Waals surface area contributed by atoms with Crippen LogP contribution >= 0.6 is 0 Å². The van der Waals surface area contributed by atoms with E-state index in [0.717, 1.165) is 23.8 Å². The molecule has 0 fully saturated rings. The highest BCUT2D eigenvalue weighted by Gasteiger charge is 2.28. The smallest absolute Gasteiger partial charge is 0.243 e. The molecule has 5 nitrogen and oxygen atoms in total. The van der Waals surface area contributed by atoms with Crippen molar-refractivity contribution in [3.8, 4) is 0 Å². The van der Waals surface area contributed by atoms with Gasteiger partial charge in [0, 0.05) is 6.54 Å². The number of benzene rings is 1. The minimum absolute atomic E-state index is 0.291. The van der Waals surface area contributed by atoms with Crippen LogP contribution in [0.4, 0.5) is 5.69 Å². The topological polar surface area (TPSA) is 66.5 Å². The molecule has 1 N–H and O–H groups in total. The minimum atomic E-state index is -3.54. The molecule has 0 aromatic heterocycles. The number of sulfonamides is 1. The van der Waals surface area contributed by atoms with Gasteiger partial charge in [-0.2, -0.15) is 0 Å². The molecule has 0 spiro atoms. The fourth-order valence-electron chi connectivity index (χ4n) is 2.07. The SMILES string of the molecule is CCCNC(=O)[C@H](C)N(c1ccc(C)c(C)c1)S(C)(=O)=O. The number of nitrogens with zero attached hydrogens (tertiary/aromatic N) is 1. The lowest BCUT2D eigenvalue weighted by Crippen LogP contribution is -2.48. The van der Waals surface area contributed by atoms with Crippen molar-refractivity contribution in [2.45, 2.75) is 40.2 Å². The van der Waals surface area contributed by atoms with Crippen LogP contribution in [0.3, 0.4) is 0 Å². The fraction of sp³-hybridized carbons (Fsp3) is 0.533. The van der Waals surface area contributed by atoms with Gasteiger partial charge in [-0.3, -0.25) is 9.10 Å². The maximum absolute atomic E-state index is 12.1. The molecule has 0 saturated carbocycles. The molecular formula is C15H24N2O3S. The second kappa shape index (κ2) is 6.93. The van der Waals surface area contributed by atoms with E-state index < -0.39 is 16.1 Å².